The Hall–Kier alpha value is -1.93. The average Bonchev–Trinajstić information content (AvgIpc) is 2.43. The Morgan fingerprint density at radius 2 is 1.86 bits per heavy atom. The predicted molar refractivity (Wildman–Crippen MR) is 76.0 cm³/mol. The van der Waals surface area contributed by atoms with Crippen molar-refractivity contribution in [3.8, 4) is 0 Å². The van der Waals surface area contributed by atoms with Crippen molar-refractivity contribution >= 4 is 21.9 Å². The number of carboxylic acid groups (broad SMARTS) is 1. The third-order valence-electron chi connectivity index (χ3n) is 2.92. The molecule has 8 heteroatoms. The lowest BCUT2D eigenvalue weighted by Gasteiger charge is -2.14. The van der Waals surface area contributed by atoms with Gasteiger partial charge in [0.15, 0.2) is 0 Å². The molecule has 1 rings (SSSR count). The molecule has 21 heavy (non-hydrogen) atoms. The smallest absolute Gasteiger partial charge is 0.321 e. The number of nitrogens with two attached hydrogens (primary N) is 1. The normalized spacial score (nSPS) is 12.8. The second-order valence-electron chi connectivity index (χ2n) is 4.51. The van der Waals surface area contributed by atoms with Crippen molar-refractivity contribution in [1.82, 2.24) is 4.72 Å². The number of benzene rings is 1. The fraction of sp³-hybridized carbons (Fsp3) is 0.385. The molecule has 0 spiro atoms. The first-order valence-electron chi connectivity index (χ1n) is 6.38. The zero-order valence-electron chi connectivity index (χ0n) is 11.6. The minimum Gasteiger partial charge on any atom is -0.480 e. The van der Waals surface area contributed by atoms with Gasteiger partial charge in [0.05, 0.1) is 4.90 Å². The second kappa shape index (κ2) is 7.19. The van der Waals surface area contributed by atoms with Crippen molar-refractivity contribution in [2.24, 2.45) is 5.73 Å². The lowest BCUT2D eigenvalue weighted by Crippen LogP contribution is -2.41. The quantitative estimate of drug-likeness (QED) is 0.634. The standard InChI is InChI=1S/C13H18N2O5S/c1-2-9-3-5-10(6-4-9)21(19,20)15-11(13(17)18)7-8-12(14)16/h3-6,11,15H,2,7-8H2,1H3,(H2,14,16)(H,17,18)/t11-/m0/s1. The van der Waals surface area contributed by atoms with Crippen LogP contribution in [0.15, 0.2) is 29.2 Å². The van der Waals surface area contributed by atoms with Crippen LogP contribution in [0.4, 0.5) is 0 Å². The van der Waals surface area contributed by atoms with Crippen LogP contribution in [0.5, 0.6) is 0 Å². The Bertz CT molecular complexity index is 610. The van der Waals surface area contributed by atoms with Crippen molar-refractivity contribution in [2.45, 2.75) is 37.1 Å². The van der Waals surface area contributed by atoms with Crippen molar-refractivity contribution < 1.29 is 23.1 Å². The van der Waals surface area contributed by atoms with Crippen LogP contribution in [0.2, 0.25) is 0 Å². The van der Waals surface area contributed by atoms with Gasteiger partial charge in [0, 0.05) is 6.42 Å². The Labute approximate surface area is 123 Å². The molecule has 0 aliphatic heterocycles. The highest BCUT2D eigenvalue weighted by Gasteiger charge is 2.25. The summed E-state index contributed by atoms with van der Waals surface area (Å²) in [6.07, 6.45) is 0.356. The van der Waals surface area contributed by atoms with Gasteiger partial charge in [-0.2, -0.15) is 4.72 Å². The van der Waals surface area contributed by atoms with Crippen LogP contribution >= 0.6 is 0 Å². The zero-order valence-corrected chi connectivity index (χ0v) is 12.4. The lowest BCUT2D eigenvalue weighted by molar-refractivity contribution is -0.139. The van der Waals surface area contributed by atoms with Crippen LogP contribution < -0.4 is 10.5 Å². The van der Waals surface area contributed by atoms with Gasteiger partial charge in [-0.3, -0.25) is 9.59 Å². The molecule has 116 valence electrons. The molecule has 0 heterocycles. The Morgan fingerprint density at radius 3 is 2.29 bits per heavy atom. The molecule has 1 aromatic carbocycles. The third-order valence-corrected chi connectivity index (χ3v) is 4.40. The Kier molecular flexibility index (Phi) is 5.86. The molecule has 0 bridgehead atoms. The Morgan fingerprint density at radius 1 is 1.29 bits per heavy atom. The monoisotopic (exact) mass is 314 g/mol. The summed E-state index contributed by atoms with van der Waals surface area (Å²) in [6, 6.07) is 4.75. The number of primary amides is 1. The van der Waals surface area contributed by atoms with Crippen LogP contribution in [-0.4, -0.2) is 31.4 Å². The first-order valence-corrected chi connectivity index (χ1v) is 7.87. The first-order chi connectivity index (χ1) is 9.76. The fourth-order valence-corrected chi connectivity index (χ4v) is 2.90. The summed E-state index contributed by atoms with van der Waals surface area (Å²) in [5, 5.41) is 9.00. The maximum Gasteiger partial charge on any atom is 0.321 e. The van der Waals surface area contributed by atoms with Gasteiger partial charge in [-0.25, -0.2) is 8.42 Å². The van der Waals surface area contributed by atoms with Crippen LogP contribution in [-0.2, 0) is 26.0 Å². The van der Waals surface area contributed by atoms with E-state index in [4.69, 9.17) is 10.8 Å². The van der Waals surface area contributed by atoms with E-state index in [0.29, 0.717) is 0 Å². The van der Waals surface area contributed by atoms with Crippen molar-refractivity contribution in [3.63, 3.8) is 0 Å². The molecule has 0 fully saturated rings. The summed E-state index contributed by atoms with van der Waals surface area (Å²) < 4.78 is 26.3. The minimum atomic E-state index is -3.96. The van der Waals surface area contributed by atoms with Gasteiger partial charge in [-0.15, -0.1) is 0 Å². The first kappa shape index (κ1) is 17.1. The number of rotatable bonds is 8. The topological polar surface area (TPSA) is 127 Å². The summed E-state index contributed by atoms with van der Waals surface area (Å²) in [4.78, 5) is 21.7. The van der Waals surface area contributed by atoms with Gasteiger partial charge in [-0.05, 0) is 30.5 Å². The highest BCUT2D eigenvalue weighted by atomic mass is 32.2. The van der Waals surface area contributed by atoms with Gasteiger partial charge in [-0.1, -0.05) is 19.1 Å². The summed E-state index contributed by atoms with van der Waals surface area (Å²) in [7, 11) is -3.96. The molecular formula is C13H18N2O5S. The zero-order chi connectivity index (χ0) is 16.0. The summed E-state index contributed by atoms with van der Waals surface area (Å²) in [5.41, 5.74) is 5.91. The van der Waals surface area contributed by atoms with E-state index in [1.807, 2.05) is 6.92 Å². The predicted octanol–water partition coefficient (Wildman–Crippen LogP) is 0.246. The molecule has 1 atom stereocenters. The maximum absolute atomic E-state index is 12.1. The fourth-order valence-electron chi connectivity index (χ4n) is 1.68. The SMILES string of the molecule is CCc1ccc(S(=O)(=O)N[C@@H](CCC(N)=O)C(=O)O)cc1. The van der Waals surface area contributed by atoms with E-state index >= 15 is 0 Å². The number of aryl methyl sites for hydroxylation is 1. The van der Waals surface area contributed by atoms with E-state index in [0.717, 1.165) is 12.0 Å². The molecule has 0 unspecified atom stereocenters. The number of carbonyl (C=O) groups is 2. The summed E-state index contributed by atoms with van der Waals surface area (Å²) in [6.45, 7) is 1.94. The number of hydrogen-bond donors (Lipinski definition) is 3. The number of sulfonamides is 1. The minimum absolute atomic E-state index is 0.0231. The molecule has 1 aromatic rings. The van der Waals surface area contributed by atoms with Crippen LogP contribution in [0.3, 0.4) is 0 Å². The van der Waals surface area contributed by atoms with Crippen molar-refractivity contribution in [3.05, 3.63) is 29.8 Å². The van der Waals surface area contributed by atoms with E-state index in [-0.39, 0.29) is 17.7 Å². The van der Waals surface area contributed by atoms with E-state index in [2.05, 4.69) is 4.72 Å². The van der Waals surface area contributed by atoms with Gasteiger partial charge in [0.1, 0.15) is 6.04 Å². The van der Waals surface area contributed by atoms with Gasteiger partial charge < -0.3 is 10.8 Å². The summed E-state index contributed by atoms with van der Waals surface area (Å²) in [5.74, 6) is -2.04. The molecule has 0 aliphatic carbocycles. The van der Waals surface area contributed by atoms with E-state index in [9.17, 15) is 18.0 Å². The van der Waals surface area contributed by atoms with Gasteiger partial charge >= 0.3 is 5.97 Å². The lowest BCUT2D eigenvalue weighted by atomic mass is 10.2. The van der Waals surface area contributed by atoms with E-state index in [1.54, 1.807) is 12.1 Å². The highest BCUT2D eigenvalue weighted by molar-refractivity contribution is 7.89. The van der Waals surface area contributed by atoms with E-state index in [1.165, 1.54) is 12.1 Å². The van der Waals surface area contributed by atoms with Crippen LogP contribution in [0, 0.1) is 0 Å². The molecule has 0 aromatic heterocycles. The third kappa shape index (κ3) is 5.16. The number of amides is 1. The molecule has 1 amide bonds. The number of carboxylic acids is 1. The molecule has 0 radical (unpaired) electrons. The Balaban J connectivity index is 2.89. The van der Waals surface area contributed by atoms with Crippen LogP contribution in [0.1, 0.15) is 25.3 Å². The van der Waals surface area contributed by atoms with Crippen LogP contribution in [0.25, 0.3) is 0 Å². The maximum atomic E-state index is 12.1. The molecule has 0 saturated heterocycles. The number of nitrogens with one attached hydrogen (secondary N) is 1. The van der Waals surface area contributed by atoms with Crippen molar-refractivity contribution in [2.75, 3.05) is 0 Å². The van der Waals surface area contributed by atoms with E-state index < -0.39 is 27.9 Å². The molecule has 0 aliphatic rings. The number of aliphatic carboxylic acids is 1. The molecule has 7 nitrogen and oxygen atoms in total. The number of carbonyl (C=O) groups excluding carboxylic acids is 1. The molecule has 4 N–H and O–H groups in total. The van der Waals surface area contributed by atoms with Gasteiger partial charge in [0.25, 0.3) is 0 Å². The average molecular weight is 314 g/mol. The number of hydrogen-bond acceptors (Lipinski definition) is 4. The van der Waals surface area contributed by atoms with Crippen molar-refractivity contribution in [1.29, 1.82) is 0 Å². The second-order valence-corrected chi connectivity index (χ2v) is 6.23. The summed E-state index contributed by atoms with van der Waals surface area (Å²) >= 11 is 0. The largest absolute Gasteiger partial charge is 0.480 e. The molecular weight excluding hydrogens is 296 g/mol. The highest BCUT2D eigenvalue weighted by Crippen LogP contribution is 2.12. The molecule has 0 saturated carbocycles. The van der Waals surface area contributed by atoms with Gasteiger partial charge in [0.2, 0.25) is 15.9 Å².